The lowest BCUT2D eigenvalue weighted by molar-refractivity contribution is 0.0259. The first-order valence-electron chi connectivity index (χ1n) is 11.5. The van der Waals surface area contributed by atoms with E-state index in [2.05, 4.69) is 0 Å². The Morgan fingerprint density at radius 1 is 0.971 bits per heavy atom. The molecule has 0 unspecified atom stereocenters. The highest BCUT2D eigenvalue weighted by Crippen LogP contribution is 2.32. The van der Waals surface area contributed by atoms with Gasteiger partial charge in [-0.3, -0.25) is 0 Å². The third-order valence-electron chi connectivity index (χ3n) is 5.63. The van der Waals surface area contributed by atoms with Crippen molar-refractivity contribution in [3.8, 4) is 11.5 Å². The Morgan fingerprint density at radius 2 is 1.74 bits per heavy atom. The van der Waals surface area contributed by atoms with Crippen LogP contribution >= 0.6 is 0 Å². The number of ether oxygens (including phenoxy) is 2. The number of benzene rings is 3. The molecule has 1 aromatic heterocycles. The number of phenols is 1. The first-order chi connectivity index (χ1) is 16.6. The lowest BCUT2D eigenvalue weighted by Gasteiger charge is -2.12. The third kappa shape index (κ3) is 5.41. The largest absolute Gasteiger partial charge is 0.504 e. The first kappa shape index (κ1) is 23.4. The molecule has 0 aliphatic carbocycles. The molecule has 0 aliphatic heterocycles. The van der Waals surface area contributed by atoms with Crippen molar-refractivity contribution in [1.82, 2.24) is 4.57 Å². The van der Waals surface area contributed by atoms with Gasteiger partial charge in [0.15, 0.2) is 11.5 Å². The Bertz CT molecular complexity index is 1250. The van der Waals surface area contributed by atoms with E-state index >= 15 is 0 Å². The highest BCUT2D eigenvalue weighted by Gasteiger charge is 2.16. The van der Waals surface area contributed by atoms with Crippen LogP contribution in [-0.4, -0.2) is 40.1 Å². The van der Waals surface area contributed by atoms with Gasteiger partial charge in [0, 0.05) is 29.1 Å². The van der Waals surface area contributed by atoms with Crippen LogP contribution < -0.4 is 4.74 Å². The fourth-order valence-electron chi connectivity index (χ4n) is 3.97. The summed E-state index contributed by atoms with van der Waals surface area (Å²) in [5.41, 5.74) is 3.14. The summed E-state index contributed by atoms with van der Waals surface area (Å²) in [6.07, 6.45) is 2.33. The number of fused-ring (bicyclic) bond motifs is 1. The van der Waals surface area contributed by atoms with Gasteiger partial charge in [0.2, 0.25) is 0 Å². The van der Waals surface area contributed by atoms with Gasteiger partial charge in [0.05, 0.1) is 24.8 Å². The summed E-state index contributed by atoms with van der Waals surface area (Å²) in [5, 5.41) is 22.3. The maximum Gasteiger partial charge on any atom is 0.338 e. The molecule has 0 radical (unpaired) electrons. The monoisotopic (exact) mass is 459 g/mol. The maximum atomic E-state index is 12.2. The van der Waals surface area contributed by atoms with E-state index in [1.54, 1.807) is 30.3 Å². The summed E-state index contributed by atoms with van der Waals surface area (Å²) < 4.78 is 13.0. The molecule has 6 nitrogen and oxygen atoms in total. The van der Waals surface area contributed by atoms with E-state index in [1.165, 1.54) is 0 Å². The number of nitrogens with zero attached hydrogens (tertiary/aromatic N) is 1. The minimum absolute atomic E-state index is 0.0924. The lowest BCUT2D eigenvalue weighted by atomic mass is 10.1. The van der Waals surface area contributed by atoms with Crippen LogP contribution in [0.3, 0.4) is 0 Å². The number of aromatic hydroxyl groups is 1. The number of esters is 1. The smallest absolute Gasteiger partial charge is 0.338 e. The van der Waals surface area contributed by atoms with Gasteiger partial charge < -0.3 is 24.3 Å². The molecular weight excluding hydrogens is 430 g/mol. The summed E-state index contributed by atoms with van der Waals surface area (Å²) in [4.78, 5) is 12.2. The minimum Gasteiger partial charge on any atom is -0.504 e. The number of aliphatic hydroxyl groups excluding tert-OH is 1. The normalized spacial score (nSPS) is 11.9. The molecule has 0 saturated carbocycles. The molecule has 6 heteroatoms. The third-order valence-corrected chi connectivity index (χ3v) is 5.63. The van der Waals surface area contributed by atoms with Crippen LogP contribution in [0.2, 0.25) is 0 Å². The number of phenolic OH excluding ortho intramolecular Hbond substituents is 1. The first-order valence-corrected chi connectivity index (χ1v) is 11.5. The van der Waals surface area contributed by atoms with E-state index < -0.39 is 12.1 Å². The quantitative estimate of drug-likeness (QED) is 0.328. The predicted molar refractivity (Wildman–Crippen MR) is 131 cm³/mol. The number of carbonyl (C=O) groups excluding carboxylic acids is 1. The Balaban J connectivity index is 1.49. The van der Waals surface area contributed by atoms with Crippen LogP contribution in [0.5, 0.6) is 11.5 Å². The van der Waals surface area contributed by atoms with Crippen LogP contribution in [0, 0.1) is 0 Å². The van der Waals surface area contributed by atoms with E-state index in [1.807, 2.05) is 60.2 Å². The van der Waals surface area contributed by atoms with Crippen molar-refractivity contribution in [2.24, 2.45) is 0 Å². The van der Waals surface area contributed by atoms with E-state index in [0.717, 1.165) is 28.5 Å². The highest BCUT2D eigenvalue weighted by molar-refractivity contribution is 5.89. The van der Waals surface area contributed by atoms with E-state index in [9.17, 15) is 15.0 Å². The molecule has 2 N–H and O–H groups in total. The van der Waals surface area contributed by atoms with E-state index in [4.69, 9.17) is 9.47 Å². The summed E-state index contributed by atoms with van der Waals surface area (Å²) >= 11 is 0. The van der Waals surface area contributed by atoms with Crippen molar-refractivity contribution in [2.45, 2.75) is 32.4 Å². The van der Waals surface area contributed by atoms with Crippen LogP contribution in [0.1, 0.15) is 34.8 Å². The second-order valence-electron chi connectivity index (χ2n) is 8.23. The van der Waals surface area contributed by atoms with Crippen LogP contribution in [0.25, 0.3) is 10.9 Å². The zero-order valence-corrected chi connectivity index (χ0v) is 19.2. The number of carbonyl (C=O) groups is 1. The Hall–Kier alpha value is -3.77. The maximum absolute atomic E-state index is 12.2. The number of para-hydroxylation sites is 2. The Kier molecular flexibility index (Phi) is 7.50. The number of hydrogen-bond donors (Lipinski definition) is 2. The molecule has 4 rings (SSSR count). The highest BCUT2D eigenvalue weighted by atomic mass is 16.5. The van der Waals surface area contributed by atoms with Crippen LogP contribution in [0.15, 0.2) is 79.0 Å². The minimum atomic E-state index is -0.842. The molecule has 0 aliphatic rings. The average Bonchev–Trinajstić information content (AvgIpc) is 3.20. The zero-order chi connectivity index (χ0) is 23.9. The molecule has 34 heavy (non-hydrogen) atoms. The Morgan fingerprint density at radius 3 is 2.53 bits per heavy atom. The molecule has 0 bridgehead atoms. The molecule has 0 spiro atoms. The van der Waals surface area contributed by atoms with Gasteiger partial charge in [-0.1, -0.05) is 55.5 Å². The standard InChI is InChI=1S/C28H29NO5/c1-2-15-33-26-14-8-11-21(27(26)31)17-29-18-22(24-12-6-7-13-25(24)29)16-23(30)19-34-28(32)20-9-4-3-5-10-20/h3-14,18,23,30-31H,2,15-17,19H2,1H3/t23-/m0/s1. The fraction of sp³-hybridized carbons (Fsp3) is 0.250. The van der Waals surface area contributed by atoms with Crippen molar-refractivity contribution >= 4 is 16.9 Å². The molecule has 0 amide bonds. The molecule has 4 aromatic rings. The summed E-state index contributed by atoms with van der Waals surface area (Å²) in [6.45, 7) is 2.92. The van der Waals surface area contributed by atoms with E-state index in [0.29, 0.717) is 30.9 Å². The van der Waals surface area contributed by atoms with Gasteiger partial charge in [-0.2, -0.15) is 0 Å². The zero-order valence-electron chi connectivity index (χ0n) is 19.2. The number of aromatic nitrogens is 1. The van der Waals surface area contributed by atoms with Gasteiger partial charge in [0.1, 0.15) is 6.61 Å². The number of rotatable bonds is 10. The van der Waals surface area contributed by atoms with Crippen LogP contribution in [0.4, 0.5) is 0 Å². The summed E-state index contributed by atoms with van der Waals surface area (Å²) in [6, 6.07) is 22.2. The summed E-state index contributed by atoms with van der Waals surface area (Å²) in [5.74, 6) is 0.164. The molecule has 1 heterocycles. The molecule has 0 saturated heterocycles. The number of hydrogen-bond acceptors (Lipinski definition) is 5. The average molecular weight is 460 g/mol. The number of aliphatic hydroxyl groups is 1. The fourth-order valence-corrected chi connectivity index (χ4v) is 3.97. The molecule has 176 valence electrons. The van der Waals surface area contributed by atoms with Crippen molar-refractivity contribution in [3.63, 3.8) is 0 Å². The van der Waals surface area contributed by atoms with Gasteiger partial charge >= 0.3 is 5.97 Å². The second kappa shape index (κ2) is 10.9. The van der Waals surface area contributed by atoms with Crippen molar-refractivity contribution in [3.05, 3.63) is 95.7 Å². The molecule has 0 fully saturated rings. The topological polar surface area (TPSA) is 80.9 Å². The van der Waals surface area contributed by atoms with Gasteiger partial charge in [-0.05, 0) is 36.2 Å². The SMILES string of the molecule is CCCOc1cccc(Cn2cc(C[C@H](O)COC(=O)c3ccccc3)c3ccccc32)c1O. The van der Waals surface area contributed by atoms with Crippen molar-refractivity contribution < 1.29 is 24.5 Å². The molecular formula is C28H29NO5. The van der Waals surface area contributed by atoms with Crippen LogP contribution in [-0.2, 0) is 17.7 Å². The van der Waals surface area contributed by atoms with Gasteiger partial charge in [-0.15, -0.1) is 0 Å². The molecule has 1 atom stereocenters. The van der Waals surface area contributed by atoms with E-state index in [-0.39, 0.29) is 12.4 Å². The van der Waals surface area contributed by atoms with Gasteiger partial charge in [-0.25, -0.2) is 4.79 Å². The lowest BCUT2D eigenvalue weighted by Crippen LogP contribution is -2.20. The van der Waals surface area contributed by atoms with Crippen molar-refractivity contribution in [2.75, 3.05) is 13.2 Å². The van der Waals surface area contributed by atoms with Gasteiger partial charge in [0.25, 0.3) is 0 Å². The van der Waals surface area contributed by atoms with Crippen molar-refractivity contribution in [1.29, 1.82) is 0 Å². The molecule has 3 aromatic carbocycles. The predicted octanol–water partition coefficient (Wildman–Crippen LogP) is 4.94. The second-order valence-corrected chi connectivity index (χ2v) is 8.23. The Labute approximate surface area is 199 Å². The summed E-state index contributed by atoms with van der Waals surface area (Å²) in [7, 11) is 0.